The SMILES string of the molecule is CC(=O)C(=C(C)O)[N+](=O)[O-].CC(=O)C(=C(C)O)[N+](=O)[O-].CC(=O)C(=C(C)O)[N+](=O)[O-].[Co]. The predicted molar refractivity (Wildman–Crippen MR) is 99.0 cm³/mol. The third kappa shape index (κ3) is 14.9. The molecular formula is C15H21CoN3O12. The fraction of sp³-hybridized carbons (Fsp3) is 0.400. The first-order valence-corrected chi connectivity index (χ1v) is 7.55. The Bertz CT molecular complexity index is 673. The smallest absolute Gasteiger partial charge is 0.348 e. The van der Waals surface area contributed by atoms with Gasteiger partial charge in [0.25, 0.3) is 0 Å². The minimum atomic E-state index is -0.905. The van der Waals surface area contributed by atoms with E-state index >= 15 is 0 Å². The molecule has 0 saturated carbocycles. The normalized spacial score (nSPS) is 11.8. The molecule has 0 atom stereocenters. The number of aliphatic hydroxyl groups excluding tert-OH is 3. The molecule has 0 rings (SSSR count). The number of nitro groups is 3. The van der Waals surface area contributed by atoms with Crippen LogP contribution in [-0.4, -0.2) is 47.4 Å². The maximum absolute atomic E-state index is 10.4. The van der Waals surface area contributed by atoms with E-state index in [4.69, 9.17) is 15.3 Å². The Morgan fingerprint density at radius 2 is 0.645 bits per heavy atom. The van der Waals surface area contributed by atoms with Crippen molar-refractivity contribution in [3.63, 3.8) is 0 Å². The van der Waals surface area contributed by atoms with Crippen LogP contribution in [0.3, 0.4) is 0 Å². The van der Waals surface area contributed by atoms with Crippen molar-refractivity contribution < 1.29 is 61.3 Å². The summed E-state index contributed by atoms with van der Waals surface area (Å²) in [5, 5.41) is 55.6. The summed E-state index contributed by atoms with van der Waals surface area (Å²) in [4.78, 5) is 58.2. The summed E-state index contributed by atoms with van der Waals surface area (Å²) in [5.41, 5.74) is -2.25. The number of carbonyl (C=O) groups excluding carboxylic acids is 3. The number of hydrogen-bond donors (Lipinski definition) is 3. The standard InChI is InChI=1S/3C5H7NO4.Co/c3*1-3(7)5(4(2)8)6(9)10;/h3*7H,1-2H3;. The van der Waals surface area contributed by atoms with Crippen molar-refractivity contribution in [3.8, 4) is 0 Å². The van der Waals surface area contributed by atoms with Gasteiger partial charge in [0.2, 0.25) is 17.3 Å². The number of rotatable bonds is 6. The number of carbonyl (C=O) groups is 3. The molecule has 0 aliphatic carbocycles. The van der Waals surface area contributed by atoms with Gasteiger partial charge in [-0.2, -0.15) is 0 Å². The number of allylic oxidation sites excluding steroid dienone is 6. The number of aliphatic hydroxyl groups is 3. The monoisotopic (exact) mass is 494 g/mol. The average molecular weight is 494 g/mol. The van der Waals surface area contributed by atoms with Gasteiger partial charge < -0.3 is 15.3 Å². The molecule has 3 N–H and O–H groups in total. The molecule has 0 bridgehead atoms. The maximum atomic E-state index is 10.4. The molecule has 16 heteroatoms. The Hall–Kier alpha value is -3.66. The topological polar surface area (TPSA) is 241 Å². The van der Waals surface area contributed by atoms with Crippen molar-refractivity contribution in [3.05, 3.63) is 64.7 Å². The van der Waals surface area contributed by atoms with Crippen LogP contribution in [0.2, 0.25) is 0 Å². The van der Waals surface area contributed by atoms with Crippen LogP contribution in [-0.2, 0) is 31.2 Å². The molecule has 15 nitrogen and oxygen atoms in total. The van der Waals surface area contributed by atoms with Crippen molar-refractivity contribution in [2.45, 2.75) is 41.5 Å². The third-order valence-corrected chi connectivity index (χ3v) is 2.58. The summed E-state index contributed by atoms with van der Waals surface area (Å²) in [6.45, 7) is 6.37. The van der Waals surface area contributed by atoms with E-state index in [9.17, 15) is 44.7 Å². The van der Waals surface area contributed by atoms with Gasteiger partial charge in [0.15, 0.2) is 17.3 Å². The van der Waals surface area contributed by atoms with Crippen molar-refractivity contribution in [2.24, 2.45) is 0 Å². The van der Waals surface area contributed by atoms with E-state index in [1.54, 1.807) is 0 Å². The van der Waals surface area contributed by atoms with E-state index in [0.29, 0.717) is 0 Å². The first-order valence-electron chi connectivity index (χ1n) is 7.55. The Labute approximate surface area is 185 Å². The molecule has 0 aromatic heterocycles. The Morgan fingerprint density at radius 3 is 0.645 bits per heavy atom. The van der Waals surface area contributed by atoms with Gasteiger partial charge in [-0.15, -0.1) is 0 Å². The van der Waals surface area contributed by atoms with Crippen LogP contribution >= 0.6 is 0 Å². The molecule has 0 aromatic rings. The molecule has 0 aliphatic heterocycles. The fourth-order valence-corrected chi connectivity index (χ4v) is 1.55. The van der Waals surface area contributed by atoms with Crippen LogP contribution in [0.15, 0.2) is 34.4 Å². The van der Waals surface area contributed by atoms with Gasteiger partial charge in [0.1, 0.15) is 0 Å². The fourth-order valence-electron chi connectivity index (χ4n) is 1.55. The van der Waals surface area contributed by atoms with Gasteiger partial charge >= 0.3 is 17.1 Å². The number of hydrogen-bond acceptors (Lipinski definition) is 12. The number of ketones is 3. The van der Waals surface area contributed by atoms with Crippen LogP contribution in [0.4, 0.5) is 0 Å². The summed E-state index contributed by atoms with van der Waals surface area (Å²) >= 11 is 0. The molecular weight excluding hydrogens is 473 g/mol. The first-order chi connectivity index (χ1) is 13.4. The van der Waals surface area contributed by atoms with Gasteiger partial charge in [-0.3, -0.25) is 44.7 Å². The quantitative estimate of drug-likeness (QED) is 0.207. The summed E-state index contributed by atoms with van der Waals surface area (Å²) in [6, 6.07) is 0. The molecule has 0 aliphatic rings. The van der Waals surface area contributed by atoms with E-state index in [0.717, 1.165) is 41.5 Å². The number of Topliss-reactive ketones (excluding diaryl/α,β-unsaturated/α-hetero) is 3. The second kappa shape index (κ2) is 16.2. The van der Waals surface area contributed by atoms with E-state index in [1.165, 1.54) is 0 Å². The van der Waals surface area contributed by atoms with Crippen LogP contribution in [0.5, 0.6) is 0 Å². The maximum Gasteiger partial charge on any atom is 0.348 e. The van der Waals surface area contributed by atoms with Gasteiger partial charge in [-0.25, -0.2) is 0 Å². The van der Waals surface area contributed by atoms with Crippen molar-refractivity contribution in [1.82, 2.24) is 0 Å². The molecule has 31 heavy (non-hydrogen) atoms. The van der Waals surface area contributed by atoms with Crippen LogP contribution in [0, 0.1) is 30.3 Å². The molecule has 0 amide bonds. The molecule has 0 aromatic carbocycles. The first kappa shape index (κ1) is 34.8. The second-order valence-corrected chi connectivity index (χ2v) is 5.24. The molecule has 0 spiro atoms. The Balaban J connectivity index is -0.000000174. The second-order valence-electron chi connectivity index (χ2n) is 5.24. The summed E-state index contributed by atoms with van der Waals surface area (Å²) in [7, 11) is 0. The molecule has 0 saturated heterocycles. The summed E-state index contributed by atoms with van der Waals surface area (Å²) in [5.74, 6) is -3.91. The predicted octanol–water partition coefficient (Wildman–Crippen LogP) is 1.92. The minimum absolute atomic E-state index is 0. The minimum Gasteiger partial charge on any atom is -0.506 e. The third-order valence-electron chi connectivity index (χ3n) is 2.58. The zero-order chi connectivity index (χ0) is 24.9. The van der Waals surface area contributed by atoms with Gasteiger partial charge in [-0.1, -0.05) is 0 Å². The zero-order valence-corrected chi connectivity index (χ0v) is 18.2. The Morgan fingerprint density at radius 1 is 0.516 bits per heavy atom. The van der Waals surface area contributed by atoms with E-state index in [1.807, 2.05) is 0 Å². The summed E-state index contributed by atoms with van der Waals surface area (Å²) < 4.78 is 0. The largest absolute Gasteiger partial charge is 0.506 e. The molecule has 0 fully saturated rings. The molecule has 177 valence electrons. The molecule has 1 radical (unpaired) electrons. The van der Waals surface area contributed by atoms with Crippen molar-refractivity contribution in [1.29, 1.82) is 0 Å². The van der Waals surface area contributed by atoms with Crippen molar-refractivity contribution in [2.75, 3.05) is 0 Å². The van der Waals surface area contributed by atoms with E-state index < -0.39 is 66.5 Å². The van der Waals surface area contributed by atoms with Crippen LogP contribution in [0.1, 0.15) is 41.5 Å². The van der Waals surface area contributed by atoms with Crippen molar-refractivity contribution >= 4 is 17.3 Å². The van der Waals surface area contributed by atoms with Gasteiger partial charge in [-0.05, 0) is 0 Å². The van der Waals surface area contributed by atoms with Crippen LogP contribution < -0.4 is 0 Å². The van der Waals surface area contributed by atoms with E-state index in [2.05, 4.69) is 0 Å². The Kier molecular flexibility index (Phi) is 18.2. The number of nitrogens with zero attached hydrogens (tertiary/aromatic N) is 3. The average Bonchev–Trinajstić information content (AvgIpc) is 2.43. The molecule has 0 heterocycles. The molecule has 0 unspecified atom stereocenters. The zero-order valence-electron chi connectivity index (χ0n) is 17.2. The van der Waals surface area contributed by atoms with Crippen LogP contribution in [0.25, 0.3) is 0 Å². The van der Waals surface area contributed by atoms with E-state index in [-0.39, 0.29) is 16.8 Å². The van der Waals surface area contributed by atoms with Gasteiger partial charge in [0, 0.05) is 58.3 Å². The summed E-state index contributed by atoms with van der Waals surface area (Å²) in [6.07, 6.45) is 0. The van der Waals surface area contributed by atoms with Gasteiger partial charge in [0.05, 0.1) is 14.8 Å².